The zero-order valence-electron chi connectivity index (χ0n) is 13.3. The minimum Gasteiger partial charge on any atom is -0.339 e. The second kappa shape index (κ2) is 6.39. The fourth-order valence-corrected chi connectivity index (χ4v) is 2.70. The fraction of sp³-hybridized carbons (Fsp3) is 0.529. The van der Waals surface area contributed by atoms with E-state index >= 15 is 0 Å². The van der Waals surface area contributed by atoms with E-state index in [4.69, 9.17) is 10.3 Å². The predicted octanol–water partition coefficient (Wildman–Crippen LogP) is 3.63. The Morgan fingerprint density at radius 2 is 1.76 bits per heavy atom. The van der Waals surface area contributed by atoms with Crippen molar-refractivity contribution < 1.29 is 4.52 Å². The summed E-state index contributed by atoms with van der Waals surface area (Å²) in [5, 5.41) is 4.27. The summed E-state index contributed by atoms with van der Waals surface area (Å²) in [4.78, 5) is 4.66. The molecule has 2 N–H and O–H groups in total. The molecular weight excluding hydrogens is 262 g/mol. The molecule has 1 aromatic heterocycles. The van der Waals surface area contributed by atoms with Gasteiger partial charge in [0.15, 0.2) is 5.82 Å². The highest BCUT2D eigenvalue weighted by Crippen LogP contribution is 2.37. The SMILES string of the molecule is CCC(CC)(c1ccccc1)c1noc(C(C)C(C)N)n1. The lowest BCUT2D eigenvalue weighted by atomic mass is 9.75. The summed E-state index contributed by atoms with van der Waals surface area (Å²) in [7, 11) is 0. The molecule has 21 heavy (non-hydrogen) atoms. The van der Waals surface area contributed by atoms with E-state index in [9.17, 15) is 0 Å². The van der Waals surface area contributed by atoms with Gasteiger partial charge < -0.3 is 10.3 Å². The molecule has 0 spiro atoms. The molecule has 1 heterocycles. The Morgan fingerprint density at radius 3 is 2.29 bits per heavy atom. The minimum atomic E-state index is -0.194. The molecule has 2 unspecified atom stereocenters. The maximum atomic E-state index is 5.93. The van der Waals surface area contributed by atoms with E-state index in [1.165, 1.54) is 5.56 Å². The van der Waals surface area contributed by atoms with Crippen LogP contribution in [0.3, 0.4) is 0 Å². The van der Waals surface area contributed by atoms with Gasteiger partial charge in [-0.25, -0.2) is 0 Å². The monoisotopic (exact) mass is 287 g/mol. The van der Waals surface area contributed by atoms with Gasteiger partial charge in [-0.05, 0) is 25.3 Å². The van der Waals surface area contributed by atoms with Gasteiger partial charge in [-0.1, -0.05) is 56.3 Å². The van der Waals surface area contributed by atoms with Crippen LogP contribution in [0.1, 0.15) is 63.7 Å². The Kier molecular flexibility index (Phi) is 4.78. The number of rotatable bonds is 6. The lowest BCUT2D eigenvalue weighted by Crippen LogP contribution is -2.28. The number of nitrogens with zero attached hydrogens (tertiary/aromatic N) is 2. The van der Waals surface area contributed by atoms with E-state index in [1.807, 2.05) is 19.9 Å². The molecular formula is C17H25N3O. The summed E-state index contributed by atoms with van der Waals surface area (Å²) < 4.78 is 5.48. The van der Waals surface area contributed by atoms with Crippen molar-refractivity contribution in [2.75, 3.05) is 0 Å². The molecule has 114 valence electrons. The second-order valence-electron chi connectivity index (χ2n) is 5.76. The van der Waals surface area contributed by atoms with Crippen LogP contribution in [0.2, 0.25) is 0 Å². The standard InChI is InChI=1S/C17H25N3O/c1-5-17(6-2,14-10-8-7-9-11-14)16-19-15(21-20-16)12(3)13(4)18/h7-13H,5-6,18H2,1-4H3. The van der Waals surface area contributed by atoms with Crippen molar-refractivity contribution in [3.63, 3.8) is 0 Å². The highest BCUT2D eigenvalue weighted by molar-refractivity contribution is 5.32. The Hall–Kier alpha value is -1.68. The van der Waals surface area contributed by atoms with Gasteiger partial charge in [0, 0.05) is 6.04 Å². The number of benzene rings is 1. The summed E-state index contributed by atoms with van der Waals surface area (Å²) in [6.45, 7) is 8.31. The molecule has 0 saturated carbocycles. The minimum absolute atomic E-state index is 0.00678. The first-order valence-electron chi connectivity index (χ1n) is 7.70. The highest BCUT2D eigenvalue weighted by atomic mass is 16.5. The predicted molar refractivity (Wildman–Crippen MR) is 84.2 cm³/mol. The molecule has 1 aromatic carbocycles. The van der Waals surface area contributed by atoms with Gasteiger partial charge >= 0.3 is 0 Å². The Balaban J connectivity index is 2.45. The van der Waals surface area contributed by atoms with Gasteiger partial charge in [-0.15, -0.1) is 0 Å². The average Bonchev–Trinajstić information content (AvgIpc) is 2.99. The van der Waals surface area contributed by atoms with Gasteiger partial charge in [-0.3, -0.25) is 0 Å². The summed E-state index contributed by atoms with van der Waals surface area (Å²) in [6, 6.07) is 10.4. The van der Waals surface area contributed by atoms with Crippen LogP contribution in [-0.2, 0) is 5.41 Å². The number of nitrogens with two attached hydrogens (primary N) is 1. The first-order chi connectivity index (χ1) is 10.0. The smallest absolute Gasteiger partial charge is 0.231 e. The lowest BCUT2D eigenvalue weighted by Gasteiger charge is -2.28. The third-order valence-corrected chi connectivity index (χ3v) is 4.58. The lowest BCUT2D eigenvalue weighted by molar-refractivity contribution is 0.332. The van der Waals surface area contributed by atoms with Crippen molar-refractivity contribution >= 4 is 0 Å². The van der Waals surface area contributed by atoms with E-state index in [0.717, 1.165) is 18.7 Å². The van der Waals surface area contributed by atoms with E-state index < -0.39 is 0 Å². The van der Waals surface area contributed by atoms with E-state index in [-0.39, 0.29) is 17.4 Å². The molecule has 0 aliphatic carbocycles. The van der Waals surface area contributed by atoms with Crippen LogP contribution in [0.15, 0.2) is 34.9 Å². The maximum Gasteiger partial charge on any atom is 0.231 e. The van der Waals surface area contributed by atoms with E-state index in [2.05, 4.69) is 48.3 Å². The van der Waals surface area contributed by atoms with Crippen molar-refractivity contribution in [3.05, 3.63) is 47.6 Å². The molecule has 0 bridgehead atoms. The first-order valence-corrected chi connectivity index (χ1v) is 7.70. The van der Waals surface area contributed by atoms with Crippen molar-refractivity contribution in [1.82, 2.24) is 10.1 Å². The topological polar surface area (TPSA) is 64.9 Å². The van der Waals surface area contributed by atoms with Crippen molar-refractivity contribution in [1.29, 1.82) is 0 Å². The number of hydrogen-bond acceptors (Lipinski definition) is 4. The molecule has 2 atom stereocenters. The zero-order chi connectivity index (χ0) is 15.5. The molecule has 4 nitrogen and oxygen atoms in total. The summed E-state index contributed by atoms with van der Waals surface area (Å²) >= 11 is 0. The largest absolute Gasteiger partial charge is 0.339 e. The van der Waals surface area contributed by atoms with Crippen LogP contribution >= 0.6 is 0 Å². The van der Waals surface area contributed by atoms with Crippen molar-refractivity contribution in [2.45, 2.75) is 57.9 Å². The molecule has 0 fully saturated rings. The fourth-order valence-electron chi connectivity index (χ4n) is 2.70. The zero-order valence-corrected chi connectivity index (χ0v) is 13.3. The maximum absolute atomic E-state index is 5.93. The summed E-state index contributed by atoms with van der Waals surface area (Å²) in [5.41, 5.74) is 6.97. The van der Waals surface area contributed by atoms with Crippen LogP contribution in [0.5, 0.6) is 0 Å². The van der Waals surface area contributed by atoms with Gasteiger partial charge in [0.1, 0.15) is 0 Å². The quantitative estimate of drug-likeness (QED) is 0.881. The summed E-state index contributed by atoms with van der Waals surface area (Å²) in [5.74, 6) is 1.46. The van der Waals surface area contributed by atoms with Crippen LogP contribution in [0.25, 0.3) is 0 Å². The molecule has 2 rings (SSSR count). The van der Waals surface area contributed by atoms with Gasteiger partial charge in [0.2, 0.25) is 5.89 Å². The van der Waals surface area contributed by atoms with Crippen LogP contribution < -0.4 is 5.73 Å². The van der Waals surface area contributed by atoms with Crippen LogP contribution in [-0.4, -0.2) is 16.2 Å². The Bertz CT molecular complexity index is 558. The van der Waals surface area contributed by atoms with Gasteiger partial charge in [0.25, 0.3) is 0 Å². The molecule has 0 aliphatic heterocycles. The third kappa shape index (κ3) is 2.86. The van der Waals surface area contributed by atoms with Gasteiger partial charge in [-0.2, -0.15) is 4.98 Å². The van der Waals surface area contributed by atoms with Crippen molar-refractivity contribution in [3.8, 4) is 0 Å². The average molecular weight is 287 g/mol. The van der Waals surface area contributed by atoms with E-state index in [0.29, 0.717) is 5.89 Å². The number of aromatic nitrogens is 2. The molecule has 2 aromatic rings. The van der Waals surface area contributed by atoms with Crippen molar-refractivity contribution in [2.24, 2.45) is 5.73 Å². The van der Waals surface area contributed by atoms with E-state index in [1.54, 1.807) is 0 Å². The normalized spacial score (nSPS) is 14.9. The Labute approximate surface area is 126 Å². The van der Waals surface area contributed by atoms with Crippen LogP contribution in [0.4, 0.5) is 0 Å². The summed E-state index contributed by atoms with van der Waals surface area (Å²) in [6.07, 6.45) is 1.86. The van der Waals surface area contributed by atoms with Gasteiger partial charge in [0.05, 0.1) is 11.3 Å². The Morgan fingerprint density at radius 1 is 1.14 bits per heavy atom. The molecule has 0 amide bonds. The second-order valence-corrected chi connectivity index (χ2v) is 5.76. The first kappa shape index (κ1) is 15.7. The molecule has 4 heteroatoms. The molecule has 0 aliphatic rings. The highest BCUT2D eigenvalue weighted by Gasteiger charge is 2.36. The third-order valence-electron chi connectivity index (χ3n) is 4.58. The molecule has 0 saturated heterocycles. The van der Waals surface area contributed by atoms with Crippen LogP contribution in [0, 0.1) is 0 Å². The molecule has 0 radical (unpaired) electrons. The number of hydrogen-bond donors (Lipinski definition) is 1.